The largest absolute Gasteiger partial charge is 0.470 e. The number of nitrogens with one attached hydrogen (secondary N) is 3. The SMILES string of the molecule is Cc1ccc(CCNC[C@@H]2CNc3cc(-c4ncc[nH]4)cnc3O2)cc1. The number of ether oxygens (including phenoxy) is 1. The lowest BCUT2D eigenvalue weighted by Crippen LogP contribution is -2.40. The molecule has 0 fully saturated rings. The third kappa shape index (κ3) is 3.86. The van der Waals surface area contributed by atoms with Gasteiger partial charge in [0.1, 0.15) is 11.9 Å². The molecule has 0 saturated heterocycles. The van der Waals surface area contributed by atoms with Crippen LogP contribution in [0, 0.1) is 6.92 Å². The van der Waals surface area contributed by atoms with Crippen LogP contribution in [0.1, 0.15) is 11.1 Å². The van der Waals surface area contributed by atoms with Gasteiger partial charge in [0.05, 0.1) is 12.2 Å². The number of anilines is 1. The smallest absolute Gasteiger partial charge is 0.237 e. The number of benzene rings is 1. The monoisotopic (exact) mass is 349 g/mol. The number of imidazole rings is 1. The van der Waals surface area contributed by atoms with E-state index in [0.29, 0.717) is 5.88 Å². The Hall–Kier alpha value is -2.86. The fourth-order valence-corrected chi connectivity index (χ4v) is 3.01. The van der Waals surface area contributed by atoms with E-state index in [1.807, 2.05) is 6.07 Å². The van der Waals surface area contributed by atoms with Gasteiger partial charge in [-0.15, -0.1) is 0 Å². The third-order valence-electron chi connectivity index (χ3n) is 4.50. The molecule has 1 aromatic carbocycles. The van der Waals surface area contributed by atoms with Crippen LogP contribution in [0.25, 0.3) is 11.4 Å². The quantitative estimate of drug-likeness (QED) is 0.597. The molecule has 1 aliphatic rings. The molecule has 2 aromatic heterocycles. The van der Waals surface area contributed by atoms with Crippen LogP contribution >= 0.6 is 0 Å². The third-order valence-corrected chi connectivity index (χ3v) is 4.50. The van der Waals surface area contributed by atoms with Crippen LogP contribution < -0.4 is 15.4 Å². The minimum Gasteiger partial charge on any atom is -0.470 e. The first kappa shape index (κ1) is 16.6. The molecule has 0 amide bonds. The summed E-state index contributed by atoms with van der Waals surface area (Å²) >= 11 is 0. The summed E-state index contributed by atoms with van der Waals surface area (Å²) in [4.78, 5) is 11.8. The summed E-state index contributed by atoms with van der Waals surface area (Å²) in [6, 6.07) is 10.7. The molecule has 0 aliphatic carbocycles. The fourth-order valence-electron chi connectivity index (χ4n) is 3.01. The first-order valence-corrected chi connectivity index (χ1v) is 8.94. The average Bonchev–Trinajstić information content (AvgIpc) is 3.21. The lowest BCUT2D eigenvalue weighted by Gasteiger charge is -2.26. The molecule has 6 heteroatoms. The Balaban J connectivity index is 1.28. The number of aryl methyl sites for hydroxylation is 1. The summed E-state index contributed by atoms with van der Waals surface area (Å²) in [5.41, 5.74) is 4.50. The number of hydrogen-bond acceptors (Lipinski definition) is 5. The van der Waals surface area contributed by atoms with Crippen LogP contribution in [0.2, 0.25) is 0 Å². The van der Waals surface area contributed by atoms with Gasteiger partial charge in [0.15, 0.2) is 0 Å². The first-order chi connectivity index (χ1) is 12.8. The molecule has 4 rings (SSSR count). The van der Waals surface area contributed by atoms with E-state index >= 15 is 0 Å². The molecule has 0 spiro atoms. The highest BCUT2D eigenvalue weighted by atomic mass is 16.5. The second-order valence-corrected chi connectivity index (χ2v) is 6.57. The highest BCUT2D eigenvalue weighted by molar-refractivity contribution is 5.65. The Labute approximate surface area is 153 Å². The second kappa shape index (κ2) is 7.58. The number of H-pyrrole nitrogens is 1. The van der Waals surface area contributed by atoms with Crippen molar-refractivity contribution in [2.45, 2.75) is 19.4 Å². The fraction of sp³-hybridized carbons (Fsp3) is 0.300. The number of aromatic amines is 1. The van der Waals surface area contributed by atoms with E-state index in [4.69, 9.17) is 4.74 Å². The summed E-state index contributed by atoms with van der Waals surface area (Å²) in [7, 11) is 0. The second-order valence-electron chi connectivity index (χ2n) is 6.57. The maximum atomic E-state index is 6.01. The number of aromatic nitrogens is 3. The van der Waals surface area contributed by atoms with E-state index in [-0.39, 0.29) is 6.10 Å². The van der Waals surface area contributed by atoms with Crippen molar-refractivity contribution in [3.63, 3.8) is 0 Å². The molecule has 3 aromatic rings. The molecule has 0 saturated carbocycles. The van der Waals surface area contributed by atoms with Gasteiger partial charge in [0, 0.05) is 30.7 Å². The van der Waals surface area contributed by atoms with Crippen molar-refractivity contribution in [2.24, 2.45) is 0 Å². The molecular weight excluding hydrogens is 326 g/mol. The Kier molecular flexibility index (Phi) is 4.84. The highest BCUT2D eigenvalue weighted by Gasteiger charge is 2.20. The predicted molar refractivity (Wildman–Crippen MR) is 102 cm³/mol. The maximum absolute atomic E-state index is 6.01. The average molecular weight is 349 g/mol. The minimum atomic E-state index is 0.0717. The van der Waals surface area contributed by atoms with Gasteiger partial charge in [-0.3, -0.25) is 0 Å². The van der Waals surface area contributed by atoms with E-state index in [1.54, 1.807) is 18.6 Å². The molecule has 0 radical (unpaired) electrons. The number of fused-ring (bicyclic) bond motifs is 1. The lowest BCUT2D eigenvalue weighted by molar-refractivity contribution is 0.194. The van der Waals surface area contributed by atoms with Gasteiger partial charge in [-0.05, 0) is 31.5 Å². The molecule has 6 nitrogen and oxygen atoms in total. The zero-order valence-electron chi connectivity index (χ0n) is 14.8. The zero-order chi connectivity index (χ0) is 17.8. The molecule has 1 atom stereocenters. The molecule has 1 aliphatic heterocycles. The van der Waals surface area contributed by atoms with Gasteiger partial charge in [-0.1, -0.05) is 29.8 Å². The first-order valence-electron chi connectivity index (χ1n) is 8.94. The van der Waals surface area contributed by atoms with Gasteiger partial charge in [0.25, 0.3) is 0 Å². The van der Waals surface area contributed by atoms with Crippen LogP contribution in [0.5, 0.6) is 5.88 Å². The number of hydrogen-bond donors (Lipinski definition) is 3. The Bertz CT molecular complexity index is 845. The van der Waals surface area contributed by atoms with Gasteiger partial charge in [0.2, 0.25) is 5.88 Å². The Morgan fingerprint density at radius 2 is 2.12 bits per heavy atom. The zero-order valence-corrected chi connectivity index (χ0v) is 14.8. The predicted octanol–water partition coefficient (Wildman–Crippen LogP) is 2.79. The number of pyridine rings is 1. The van der Waals surface area contributed by atoms with Crippen LogP contribution in [0.15, 0.2) is 48.9 Å². The van der Waals surface area contributed by atoms with Crippen molar-refractivity contribution in [2.75, 3.05) is 25.0 Å². The van der Waals surface area contributed by atoms with Gasteiger partial charge in [-0.2, -0.15) is 0 Å². The van der Waals surface area contributed by atoms with E-state index < -0.39 is 0 Å². The van der Waals surface area contributed by atoms with E-state index in [2.05, 4.69) is 56.8 Å². The summed E-state index contributed by atoms with van der Waals surface area (Å²) in [5, 5.41) is 6.89. The number of nitrogens with zero attached hydrogens (tertiary/aromatic N) is 2. The Morgan fingerprint density at radius 1 is 1.23 bits per heavy atom. The van der Waals surface area contributed by atoms with Crippen molar-refractivity contribution in [3.05, 3.63) is 60.0 Å². The molecule has 26 heavy (non-hydrogen) atoms. The van der Waals surface area contributed by atoms with Crippen molar-refractivity contribution in [1.29, 1.82) is 0 Å². The maximum Gasteiger partial charge on any atom is 0.237 e. The molecule has 134 valence electrons. The normalized spacial score (nSPS) is 15.8. The molecular formula is C20H23N5O. The van der Waals surface area contributed by atoms with Gasteiger partial charge >= 0.3 is 0 Å². The summed E-state index contributed by atoms with van der Waals surface area (Å²) in [6.45, 7) is 4.59. The van der Waals surface area contributed by atoms with Crippen LogP contribution in [-0.2, 0) is 6.42 Å². The summed E-state index contributed by atoms with van der Waals surface area (Å²) < 4.78 is 6.01. The topological polar surface area (TPSA) is 74.9 Å². The molecule has 3 N–H and O–H groups in total. The van der Waals surface area contributed by atoms with Crippen LogP contribution in [-0.4, -0.2) is 40.7 Å². The molecule has 3 heterocycles. The van der Waals surface area contributed by atoms with E-state index in [9.17, 15) is 0 Å². The highest BCUT2D eigenvalue weighted by Crippen LogP contribution is 2.29. The minimum absolute atomic E-state index is 0.0717. The van der Waals surface area contributed by atoms with Gasteiger partial charge < -0.3 is 20.4 Å². The van der Waals surface area contributed by atoms with Crippen molar-refractivity contribution in [3.8, 4) is 17.3 Å². The van der Waals surface area contributed by atoms with Gasteiger partial charge in [-0.25, -0.2) is 9.97 Å². The van der Waals surface area contributed by atoms with E-state index in [1.165, 1.54) is 11.1 Å². The standard InChI is InChI=1S/C20H23N5O/c1-14-2-4-15(5-3-14)6-7-21-12-17-13-24-18-10-16(11-25-20(18)26-17)19-22-8-9-23-19/h2-5,8-11,17,21,24H,6-7,12-13H2,1H3,(H,22,23)/t17-/m1/s1. The number of rotatable bonds is 6. The van der Waals surface area contributed by atoms with Crippen molar-refractivity contribution in [1.82, 2.24) is 20.3 Å². The molecule has 0 bridgehead atoms. The van der Waals surface area contributed by atoms with Crippen molar-refractivity contribution >= 4 is 5.69 Å². The van der Waals surface area contributed by atoms with E-state index in [0.717, 1.165) is 43.1 Å². The van der Waals surface area contributed by atoms with Crippen LogP contribution in [0.3, 0.4) is 0 Å². The summed E-state index contributed by atoms with van der Waals surface area (Å²) in [5.74, 6) is 1.46. The van der Waals surface area contributed by atoms with Crippen molar-refractivity contribution < 1.29 is 4.74 Å². The van der Waals surface area contributed by atoms with Crippen LogP contribution in [0.4, 0.5) is 5.69 Å². The Morgan fingerprint density at radius 3 is 2.92 bits per heavy atom. The molecule has 0 unspecified atom stereocenters. The summed E-state index contributed by atoms with van der Waals surface area (Å²) in [6.07, 6.45) is 6.41. The lowest BCUT2D eigenvalue weighted by atomic mass is 10.1.